The maximum Gasteiger partial charge on any atom is 0.189 e. The Hall–Kier alpha value is -1.74. The van der Waals surface area contributed by atoms with Gasteiger partial charge in [-0.05, 0) is 24.1 Å². The number of benzene rings is 1. The molecule has 0 amide bonds. The number of anilines is 1. The second kappa shape index (κ2) is 6.79. The molecule has 3 nitrogen and oxygen atoms in total. The van der Waals surface area contributed by atoms with Gasteiger partial charge in [-0.3, -0.25) is 0 Å². The first-order valence-corrected chi connectivity index (χ1v) is 11.6. The zero-order chi connectivity index (χ0) is 17.2. The van der Waals surface area contributed by atoms with E-state index in [1.807, 2.05) is 24.3 Å². The number of hydrogen-bond donors (Lipinski definition) is 1. The maximum absolute atomic E-state index is 6.34. The molecular weight excluding hydrogens is 324 g/mol. The van der Waals surface area contributed by atoms with Crippen molar-refractivity contribution in [2.24, 2.45) is 5.92 Å². The summed E-state index contributed by atoms with van der Waals surface area (Å²) in [5.74, 6) is 1.06. The highest BCUT2D eigenvalue weighted by molar-refractivity contribution is 6.93. The van der Waals surface area contributed by atoms with E-state index in [4.69, 9.17) is 21.9 Å². The highest BCUT2D eigenvalue weighted by atomic mass is 35.5. The Balaban J connectivity index is 2.55. The van der Waals surface area contributed by atoms with Crippen LogP contribution in [-0.2, 0) is 0 Å². The largest absolute Gasteiger partial charge is 0.394 e. The Morgan fingerprint density at radius 1 is 1.26 bits per heavy atom. The molecule has 1 aromatic heterocycles. The summed E-state index contributed by atoms with van der Waals surface area (Å²) in [6.07, 6.45) is 2.05. The van der Waals surface area contributed by atoms with E-state index in [0.717, 1.165) is 10.8 Å². The van der Waals surface area contributed by atoms with Crippen molar-refractivity contribution in [1.82, 2.24) is 5.16 Å². The van der Waals surface area contributed by atoms with Crippen molar-refractivity contribution in [3.63, 3.8) is 0 Å². The summed E-state index contributed by atoms with van der Waals surface area (Å²) in [4.78, 5) is 0. The van der Waals surface area contributed by atoms with Crippen LogP contribution in [0.25, 0.3) is 16.5 Å². The fraction of sp³-hybridized carbons (Fsp3) is 0.333. The van der Waals surface area contributed by atoms with Gasteiger partial charge in [0, 0.05) is 15.8 Å². The maximum atomic E-state index is 6.34. The Labute approximate surface area is 143 Å². The Morgan fingerprint density at radius 2 is 1.87 bits per heavy atom. The van der Waals surface area contributed by atoms with Crippen LogP contribution in [0.1, 0.15) is 19.6 Å². The molecule has 0 atom stereocenters. The topological polar surface area (TPSA) is 52.0 Å². The lowest BCUT2D eigenvalue weighted by Crippen LogP contribution is -2.22. The summed E-state index contributed by atoms with van der Waals surface area (Å²) in [6, 6.07) is 7.42. The molecule has 1 heterocycles. The minimum Gasteiger partial charge on any atom is -0.394 e. The van der Waals surface area contributed by atoms with Crippen LogP contribution in [-0.4, -0.2) is 13.2 Å². The highest BCUT2D eigenvalue weighted by Crippen LogP contribution is 2.35. The molecule has 23 heavy (non-hydrogen) atoms. The van der Waals surface area contributed by atoms with Gasteiger partial charge in [-0.1, -0.05) is 62.4 Å². The van der Waals surface area contributed by atoms with Gasteiger partial charge in [0.1, 0.15) is 11.4 Å². The summed E-state index contributed by atoms with van der Waals surface area (Å²) >= 11 is 5.94. The lowest BCUT2D eigenvalue weighted by molar-refractivity contribution is 0.414. The molecule has 0 bridgehead atoms. The first-order valence-electron chi connectivity index (χ1n) is 7.69. The molecule has 0 aliphatic rings. The molecule has 0 aliphatic heterocycles. The van der Waals surface area contributed by atoms with Gasteiger partial charge < -0.3 is 10.3 Å². The van der Waals surface area contributed by atoms with E-state index in [0.29, 0.717) is 28.1 Å². The standard InChI is InChI=1S/C18H23ClN2OSi/c1-12(2)6-11-15(23(3,4)5)18-16(20)17(21-22-18)13-7-9-14(19)10-8-13/h6-10,12H,20H2,1-5H3. The third-order valence-corrected chi connectivity index (χ3v) is 5.51. The first-order chi connectivity index (χ1) is 10.7. The summed E-state index contributed by atoms with van der Waals surface area (Å²) in [5, 5.41) is 5.91. The molecule has 2 rings (SSSR count). The van der Waals surface area contributed by atoms with Crippen molar-refractivity contribution in [1.29, 1.82) is 0 Å². The van der Waals surface area contributed by atoms with Crippen LogP contribution in [0.15, 0.2) is 40.6 Å². The van der Waals surface area contributed by atoms with Crippen LogP contribution < -0.4 is 5.73 Å². The van der Waals surface area contributed by atoms with Gasteiger partial charge in [-0.2, -0.15) is 0 Å². The van der Waals surface area contributed by atoms with Crippen LogP contribution in [0, 0.1) is 5.92 Å². The average Bonchev–Trinajstić information content (AvgIpc) is 2.80. The van der Waals surface area contributed by atoms with Crippen molar-refractivity contribution < 1.29 is 4.52 Å². The van der Waals surface area contributed by atoms with Gasteiger partial charge in [0.15, 0.2) is 5.76 Å². The minimum atomic E-state index is -1.68. The van der Waals surface area contributed by atoms with Crippen LogP contribution in [0.2, 0.25) is 24.7 Å². The molecule has 0 aliphatic carbocycles. The summed E-state index contributed by atoms with van der Waals surface area (Å²) in [5.41, 5.74) is 11.9. The van der Waals surface area contributed by atoms with Crippen molar-refractivity contribution in [2.45, 2.75) is 33.5 Å². The number of aromatic nitrogens is 1. The molecule has 2 N–H and O–H groups in total. The monoisotopic (exact) mass is 346 g/mol. The molecule has 0 radical (unpaired) electrons. The average molecular weight is 347 g/mol. The quantitative estimate of drug-likeness (QED) is 0.575. The molecule has 0 saturated heterocycles. The zero-order valence-corrected chi connectivity index (χ0v) is 16.0. The van der Waals surface area contributed by atoms with Gasteiger partial charge in [-0.25, -0.2) is 0 Å². The number of hydrogen-bond acceptors (Lipinski definition) is 3. The molecule has 1 aromatic carbocycles. The molecule has 0 unspecified atom stereocenters. The second-order valence-corrected chi connectivity index (χ2v) is 12.4. The van der Waals surface area contributed by atoms with Crippen molar-refractivity contribution in [3.8, 4) is 11.3 Å². The summed E-state index contributed by atoms with van der Waals surface area (Å²) in [6.45, 7) is 11.0. The highest BCUT2D eigenvalue weighted by Gasteiger charge is 2.28. The molecular formula is C18H23ClN2OSi. The number of nitrogen functional groups attached to an aromatic ring is 1. The molecule has 2 aromatic rings. The minimum absolute atomic E-state index is 0.418. The van der Waals surface area contributed by atoms with Gasteiger partial charge >= 0.3 is 0 Å². The van der Waals surface area contributed by atoms with E-state index in [2.05, 4.69) is 50.5 Å². The molecule has 0 spiro atoms. The number of nitrogens with two attached hydrogens (primary N) is 1. The van der Waals surface area contributed by atoms with Crippen LogP contribution in [0.5, 0.6) is 0 Å². The van der Waals surface area contributed by atoms with Crippen LogP contribution >= 0.6 is 11.6 Å². The molecule has 5 heteroatoms. The third-order valence-electron chi connectivity index (χ3n) is 3.38. The van der Waals surface area contributed by atoms with Gasteiger partial charge in [-0.15, -0.1) is 5.73 Å². The Bertz CT molecular complexity index is 748. The molecule has 0 fully saturated rings. The number of nitrogens with zero attached hydrogens (tertiary/aromatic N) is 1. The molecule has 122 valence electrons. The lowest BCUT2D eigenvalue weighted by atomic mass is 10.1. The normalized spacial score (nSPS) is 11.4. The van der Waals surface area contributed by atoms with Crippen molar-refractivity contribution in [3.05, 3.63) is 46.9 Å². The molecule has 0 saturated carbocycles. The van der Waals surface area contributed by atoms with E-state index in [-0.39, 0.29) is 0 Å². The van der Waals surface area contributed by atoms with E-state index < -0.39 is 8.07 Å². The SMILES string of the molecule is CC(C)C=C=C(c1onc(-c2ccc(Cl)cc2)c1N)[Si](C)(C)C. The number of rotatable bonds is 4. The van der Waals surface area contributed by atoms with E-state index >= 15 is 0 Å². The Kier molecular flexibility index (Phi) is 5.20. The van der Waals surface area contributed by atoms with Crippen LogP contribution in [0.3, 0.4) is 0 Å². The van der Waals surface area contributed by atoms with E-state index in [9.17, 15) is 0 Å². The lowest BCUT2D eigenvalue weighted by Gasteiger charge is -2.16. The predicted octanol–water partition coefficient (Wildman–Crippen LogP) is 5.65. The fourth-order valence-electron chi connectivity index (χ4n) is 2.17. The second-order valence-electron chi connectivity index (χ2n) is 6.96. The zero-order valence-electron chi connectivity index (χ0n) is 14.3. The van der Waals surface area contributed by atoms with E-state index in [1.165, 1.54) is 0 Å². The fourth-order valence-corrected chi connectivity index (χ4v) is 3.67. The van der Waals surface area contributed by atoms with Gasteiger partial charge in [0.2, 0.25) is 0 Å². The van der Waals surface area contributed by atoms with Crippen molar-refractivity contribution in [2.75, 3.05) is 5.73 Å². The van der Waals surface area contributed by atoms with Gasteiger partial charge in [0.05, 0.1) is 8.07 Å². The van der Waals surface area contributed by atoms with Crippen molar-refractivity contribution >= 4 is 30.6 Å². The smallest absolute Gasteiger partial charge is 0.189 e. The number of allylic oxidation sites excluding steroid dienone is 1. The Morgan fingerprint density at radius 3 is 2.39 bits per heavy atom. The third kappa shape index (κ3) is 4.17. The van der Waals surface area contributed by atoms with Crippen LogP contribution in [0.4, 0.5) is 5.69 Å². The first kappa shape index (κ1) is 17.6. The van der Waals surface area contributed by atoms with E-state index in [1.54, 1.807) is 0 Å². The number of halogens is 1. The van der Waals surface area contributed by atoms with Gasteiger partial charge in [0.25, 0.3) is 0 Å². The predicted molar refractivity (Wildman–Crippen MR) is 101 cm³/mol. The summed E-state index contributed by atoms with van der Waals surface area (Å²) < 4.78 is 5.61. The summed E-state index contributed by atoms with van der Waals surface area (Å²) in [7, 11) is -1.68.